The Balaban J connectivity index is 1.43. The summed E-state index contributed by atoms with van der Waals surface area (Å²) in [6.45, 7) is 2.23. The highest BCUT2D eigenvalue weighted by atomic mass is 19.1. The number of carbonyl (C=O) groups excluding carboxylic acids is 1. The van der Waals surface area contributed by atoms with Crippen LogP contribution in [0, 0.1) is 23.1 Å². The van der Waals surface area contributed by atoms with Crippen molar-refractivity contribution in [3.8, 4) is 6.07 Å². The van der Waals surface area contributed by atoms with Crippen LogP contribution in [-0.4, -0.2) is 26.3 Å². The van der Waals surface area contributed by atoms with Crippen LogP contribution in [-0.2, 0) is 18.5 Å². The van der Waals surface area contributed by atoms with Crippen molar-refractivity contribution in [2.75, 3.05) is 5.32 Å². The van der Waals surface area contributed by atoms with Crippen LogP contribution in [0.3, 0.4) is 0 Å². The van der Waals surface area contributed by atoms with Crippen molar-refractivity contribution >= 4 is 17.4 Å². The molecule has 166 valence electrons. The van der Waals surface area contributed by atoms with E-state index in [0.29, 0.717) is 35.1 Å². The smallest absolute Gasteiger partial charge is 0.274 e. The summed E-state index contributed by atoms with van der Waals surface area (Å²) in [6.07, 6.45) is 6.34. The quantitative estimate of drug-likeness (QED) is 0.627. The van der Waals surface area contributed by atoms with Crippen LogP contribution in [0.1, 0.15) is 52.9 Å². The lowest BCUT2D eigenvalue weighted by Gasteiger charge is -2.33. The predicted molar refractivity (Wildman–Crippen MR) is 120 cm³/mol. The van der Waals surface area contributed by atoms with Crippen molar-refractivity contribution in [2.24, 2.45) is 16.6 Å². The van der Waals surface area contributed by atoms with Gasteiger partial charge in [0.25, 0.3) is 5.91 Å². The van der Waals surface area contributed by atoms with E-state index in [2.05, 4.69) is 20.3 Å². The van der Waals surface area contributed by atoms with Gasteiger partial charge in [-0.3, -0.25) is 9.79 Å². The van der Waals surface area contributed by atoms with Gasteiger partial charge < -0.3 is 15.6 Å². The highest BCUT2D eigenvalue weighted by Gasteiger charge is 2.37. The molecular weight excluding hydrogens is 421 g/mol. The summed E-state index contributed by atoms with van der Waals surface area (Å²) in [5.74, 6) is 1.00. The van der Waals surface area contributed by atoms with Crippen LogP contribution in [0.5, 0.6) is 0 Å². The number of nitrogens with zero attached hydrogens (tertiary/aromatic N) is 5. The van der Waals surface area contributed by atoms with Gasteiger partial charge in [-0.1, -0.05) is 0 Å². The maximum Gasteiger partial charge on any atom is 0.274 e. The normalized spacial score (nSPS) is 19.4. The zero-order valence-corrected chi connectivity index (χ0v) is 18.0. The standard InChI is InChI=1S/C24H22FN7O/c1-24(13-32-20(22(27)31-24)12-29-21(32)8-14-2-3-14)17-9-16(5-6-18(17)25)30-23(33)19-7-4-15(10-26)11-28-19/h4-7,9,11-12,14H,2-3,8,13H2,1H3,(H2,27,31)(H,30,33). The summed E-state index contributed by atoms with van der Waals surface area (Å²) < 4.78 is 17.0. The zero-order chi connectivity index (χ0) is 23.2. The van der Waals surface area contributed by atoms with E-state index < -0.39 is 17.3 Å². The number of amidine groups is 1. The minimum atomic E-state index is -0.965. The minimum absolute atomic E-state index is 0.152. The van der Waals surface area contributed by atoms with E-state index in [1.54, 1.807) is 12.3 Å². The van der Waals surface area contributed by atoms with E-state index in [9.17, 15) is 4.79 Å². The molecule has 1 amide bonds. The average molecular weight is 443 g/mol. The summed E-state index contributed by atoms with van der Waals surface area (Å²) in [7, 11) is 0. The van der Waals surface area contributed by atoms with Crippen LogP contribution in [0.25, 0.3) is 0 Å². The Morgan fingerprint density at radius 1 is 1.30 bits per heavy atom. The fraction of sp³-hybridized carbons (Fsp3) is 0.292. The molecule has 1 aliphatic heterocycles. The third-order valence-corrected chi connectivity index (χ3v) is 6.13. The number of nitrogens with two attached hydrogens (primary N) is 1. The van der Waals surface area contributed by atoms with Crippen molar-refractivity contribution < 1.29 is 9.18 Å². The Bertz CT molecular complexity index is 1320. The monoisotopic (exact) mass is 443 g/mol. The number of rotatable bonds is 5. The van der Waals surface area contributed by atoms with E-state index in [0.717, 1.165) is 17.9 Å². The van der Waals surface area contributed by atoms with E-state index in [4.69, 9.17) is 11.0 Å². The van der Waals surface area contributed by atoms with Crippen LogP contribution in [0.2, 0.25) is 0 Å². The Morgan fingerprint density at radius 3 is 2.82 bits per heavy atom. The number of nitriles is 1. The van der Waals surface area contributed by atoms with E-state index in [1.165, 1.54) is 43.3 Å². The second-order valence-electron chi connectivity index (χ2n) is 8.76. The molecule has 0 saturated heterocycles. The molecule has 1 unspecified atom stereocenters. The van der Waals surface area contributed by atoms with Crippen molar-refractivity contribution in [2.45, 2.75) is 38.3 Å². The SMILES string of the molecule is CC1(c2cc(NC(=O)c3ccc(C#N)cn3)ccc2F)Cn2c(cnc2CC2CC2)C(N)=N1. The lowest BCUT2D eigenvalue weighted by molar-refractivity contribution is 0.102. The minimum Gasteiger partial charge on any atom is -0.382 e. The summed E-state index contributed by atoms with van der Waals surface area (Å²) in [6, 6.07) is 9.31. The van der Waals surface area contributed by atoms with Gasteiger partial charge in [0, 0.05) is 23.9 Å². The Hall–Kier alpha value is -4.06. The first-order valence-corrected chi connectivity index (χ1v) is 10.7. The third-order valence-electron chi connectivity index (χ3n) is 6.13. The van der Waals surface area contributed by atoms with Crippen LogP contribution in [0.15, 0.2) is 47.7 Å². The van der Waals surface area contributed by atoms with Gasteiger partial charge in [-0.25, -0.2) is 14.4 Å². The number of nitrogens with one attached hydrogen (secondary N) is 1. The molecule has 1 atom stereocenters. The van der Waals surface area contributed by atoms with Gasteiger partial charge in [-0.05, 0) is 56.0 Å². The number of aromatic nitrogens is 3. The second kappa shape index (κ2) is 7.81. The summed E-state index contributed by atoms with van der Waals surface area (Å²) >= 11 is 0. The molecule has 1 aliphatic carbocycles. The number of amides is 1. The molecule has 33 heavy (non-hydrogen) atoms. The molecular formula is C24H22FN7O. The molecule has 9 heteroatoms. The Labute approximate surface area is 190 Å². The first-order chi connectivity index (χ1) is 15.9. The maximum absolute atomic E-state index is 15.0. The Morgan fingerprint density at radius 2 is 2.12 bits per heavy atom. The lowest BCUT2D eigenvalue weighted by Crippen LogP contribution is -2.38. The average Bonchev–Trinajstić information content (AvgIpc) is 3.54. The molecule has 1 fully saturated rings. The number of anilines is 1. The molecule has 3 heterocycles. The maximum atomic E-state index is 15.0. The van der Waals surface area contributed by atoms with Crippen LogP contribution < -0.4 is 11.1 Å². The second-order valence-corrected chi connectivity index (χ2v) is 8.76. The molecule has 1 saturated carbocycles. The molecule has 0 radical (unpaired) electrons. The Kier molecular flexibility index (Phi) is 4.93. The van der Waals surface area contributed by atoms with E-state index in [1.807, 2.05) is 17.6 Å². The first-order valence-electron chi connectivity index (χ1n) is 10.7. The number of hydrogen-bond donors (Lipinski definition) is 2. The first kappa shape index (κ1) is 20.8. The van der Waals surface area contributed by atoms with Gasteiger partial charge in [0.2, 0.25) is 0 Å². The topological polar surface area (TPSA) is 122 Å². The van der Waals surface area contributed by atoms with Crippen molar-refractivity contribution in [3.63, 3.8) is 0 Å². The molecule has 3 aromatic rings. The number of pyridine rings is 1. The van der Waals surface area contributed by atoms with Crippen LogP contribution >= 0.6 is 0 Å². The molecule has 0 spiro atoms. The molecule has 8 nitrogen and oxygen atoms in total. The number of hydrogen-bond acceptors (Lipinski definition) is 6. The number of benzene rings is 1. The van der Waals surface area contributed by atoms with Crippen molar-refractivity contribution in [3.05, 3.63) is 76.9 Å². The summed E-state index contributed by atoms with van der Waals surface area (Å²) in [5, 5.41) is 11.6. The highest BCUT2D eigenvalue weighted by molar-refractivity contribution is 6.03. The molecule has 3 N–H and O–H groups in total. The fourth-order valence-electron chi connectivity index (χ4n) is 4.15. The van der Waals surface area contributed by atoms with Gasteiger partial charge in [0.1, 0.15) is 40.5 Å². The van der Waals surface area contributed by atoms with Gasteiger partial charge >= 0.3 is 0 Å². The zero-order valence-electron chi connectivity index (χ0n) is 18.0. The van der Waals surface area contributed by atoms with Gasteiger partial charge in [0.05, 0.1) is 18.3 Å². The molecule has 1 aromatic carbocycles. The summed E-state index contributed by atoms with van der Waals surface area (Å²) in [4.78, 5) is 25.8. The predicted octanol–water partition coefficient (Wildman–Crippen LogP) is 3.13. The number of halogens is 1. The number of aliphatic imine (C=N–C) groups is 1. The van der Waals surface area contributed by atoms with Gasteiger partial charge in [0.15, 0.2) is 0 Å². The van der Waals surface area contributed by atoms with E-state index in [-0.39, 0.29) is 5.69 Å². The number of fused-ring (bicyclic) bond motifs is 1. The molecule has 2 aromatic heterocycles. The van der Waals surface area contributed by atoms with Crippen LogP contribution in [0.4, 0.5) is 10.1 Å². The number of imidazole rings is 1. The molecule has 2 aliphatic rings. The highest BCUT2D eigenvalue weighted by Crippen LogP contribution is 2.37. The lowest BCUT2D eigenvalue weighted by atomic mass is 9.90. The largest absolute Gasteiger partial charge is 0.382 e. The third kappa shape index (κ3) is 3.96. The summed E-state index contributed by atoms with van der Waals surface area (Å²) in [5.41, 5.74) is 7.28. The molecule has 0 bridgehead atoms. The van der Waals surface area contributed by atoms with Gasteiger partial charge in [-0.2, -0.15) is 5.26 Å². The number of carbonyl (C=O) groups is 1. The fourth-order valence-corrected chi connectivity index (χ4v) is 4.15. The molecule has 5 rings (SSSR count). The van der Waals surface area contributed by atoms with Crippen molar-refractivity contribution in [1.82, 2.24) is 14.5 Å². The van der Waals surface area contributed by atoms with E-state index >= 15 is 4.39 Å². The van der Waals surface area contributed by atoms with Crippen molar-refractivity contribution in [1.29, 1.82) is 5.26 Å². The van der Waals surface area contributed by atoms with Gasteiger partial charge in [-0.15, -0.1) is 0 Å².